The monoisotopic (exact) mass is 504 g/mol. The van der Waals surface area contributed by atoms with Gasteiger partial charge in [-0.15, -0.1) is 0 Å². The zero-order valence-corrected chi connectivity index (χ0v) is 19.4. The Labute approximate surface area is 205 Å². The van der Waals surface area contributed by atoms with Gasteiger partial charge in [0, 0.05) is 44.7 Å². The molecule has 5 rings (SSSR count). The van der Waals surface area contributed by atoms with Gasteiger partial charge in [-0.05, 0) is 42.9 Å². The third kappa shape index (κ3) is 4.82. The summed E-state index contributed by atoms with van der Waals surface area (Å²) in [5.74, 6) is -1.98. The van der Waals surface area contributed by atoms with Crippen LogP contribution in [0.4, 0.5) is 30.4 Å². The van der Waals surface area contributed by atoms with E-state index in [0.717, 1.165) is 18.4 Å². The minimum absolute atomic E-state index is 0.0573. The highest BCUT2D eigenvalue weighted by Gasteiger charge is 2.44. The molecule has 36 heavy (non-hydrogen) atoms. The molecule has 0 bridgehead atoms. The molecule has 0 radical (unpaired) electrons. The number of ether oxygens (including phenoxy) is 1. The number of nitrogens with one attached hydrogen (secondary N) is 1. The van der Waals surface area contributed by atoms with Crippen molar-refractivity contribution in [1.82, 2.24) is 9.97 Å². The smallest absolute Gasteiger partial charge is 0.393 e. The van der Waals surface area contributed by atoms with Gasteiger partial charge in [0.2, 0.25) is 5.88 Å². The zero-order valence-electron chi connectivity index (χ0n) is 19.4. The van der Waals surface area contributed by atoms with E-state index in [1.54, 1.807) is 12.3 Å². The van der Waals surface area contributed by atoms with Gasteiger partial charge >= 0.3 is 6.18 Å². The predicted molar refractivity (Wildman–Crippen MR) is 128 cm³/mol. The highest BCUT2D eigenvalue weighted by Crippen LogP contribution is 2.37. The number of nitrogen functional groups attached to an aromatic ring is 1. The fraction of sp³-hybridized carbons (Fsp3) is 0.458. The van der Waals surface area contributed by atoms with E-state index in [9.17, 15) is 18.0 Å². The van der Waals surface area contributed by atoms with Crippen LogP contribution in [-0.2, 0) is 4.74 Å². The van der Waals surface area contributed by atoms with Gasteiger partial charge in [0.15, 0.2) is 5.58 Å². The van der Waals surface area contributed by atoms with E-state index in [1.807, 2.05) is 6.07 Å². The SMILES string of the molecule is Nc1oc2cc(C3CCOCC3)cnc2c1C(=O)Nc1cnccc1N1C[C@@H](N)C[C@H](C(F)(F)F)C1. The van der Waals surface area contributed by atoms with Crippen molar-refractivity contribution in [2.75, 3.05) is 42.3 Å². The molecule has 2 saturated heterocycles. The van der Waals surface area contributed by atoms with E-state index in [-0.39, 0.29) is 42.6 Å². The lowest BCUT2D eigenvalue weighted by Crippen LogP contribution is -2.51. The average Bonchev–Trinajstić information content (AvgIpc) is 3.19. The van der Waals surface area contributed by atoms with E-state index >= 15 is 0 Å². The summed E-state index contributed by atoms with van der Waals surface area (Å²) in [5, 5.41) is 2.73. The molecule has 192 valence electrons. The number of pyridine rings is 2. The van der Waals surface area contributed by atoms with Crippen LogP contribution in [0.5, 0.6) is 0 Å². The van der Waals surface area contributed by atoms with Gasteiger partial charge < -0.3 is 30.8 Å². The number of carbonyl (C=O) groups is 1. The third-order valence-electron chi connectivity index (χ3n) is 6.83. The number of hydrogen-bond donors (Lipinski definition) is 3. The van der Waals surface area contributed by atoms with Crippen molar-refractivity contribution >= 4 is 34.3 Å². The Balaban J connectivity index is 1.40. The van der Waals surface area contributed by atoms with E-state index < -0.39 is 24.0 Å². The van der Waals surface area contributed by atoms with Crippen LogP contribution in [0.15, 0.2) is 35.1 Å². The van der Waals surface area contributed by atoms with Gasteiger partial charge in [0.25, 0.3) is 5.91 Å². The van der Waals surface area contributed by atoms with Crippen molar-refractivity contribution in [3.05, 3.63) is 41.9 Å². The highest BCUT2D eigenvalue weighted by atomic mass is 19.4. The fourth-order valence-corrected chi connectivity index (χ4v) is 5.00. The number of piperidine rings is 1. The predicted octanol–water partition coefficient (Wildman–Crippen LogP) is 3.67. The number of hydrogen-bond acceptors (Lipinski definition) is 8. The molecule has 2 aliphatic heterocycles. The number of alkyl halides is 3. The maximum atomic E-state index is 13.4. The maximum Gasteiger partial charge on any atom is 0.393 e. The first-order valence-corrected chi connectivity index (χ1v) is 11.8. The van der Waals surface area contributed by atoms with Crippen LogP contribution in [0, 0.1) is 5.92 Å². The van der Waals surface area contributed by atoms with Gasteiger partial charge in [-0.2, -0.15) is 13.2 Å². The molecular formula is C24H27F3N6O3. The Bertz CT molecular complexity index is 1260. The molecule has 0 aromatic carbocycles. The lowest BCUT2D eigenvalue weighted by atomic mass is 9.93. The average molecular weight is 505 g/mol. The standard InChI is InChI=1S/C24H27F3N6O3/c25-24(26,27)15-8-16(28)12-33(11-15)18-1-4-30-10-17(18)32-23(34)20-21-19(36-22(20)29)7-14(9-31-21)13-2-5-35-6-3-13/h1,4,7,9-10,13,15-16H,2-3,5-6,8,11-12,28-29H2,(H,32,34)/t15-,16-/m0/s1. The summed E-state index contributed by atoms with van der Waals surface area (Å²) < 4.78 is 51.4. The molecule has 0 aliphatic carbocycles. The second-order valence-electron chi connectivity index (χ2n) is 9.33. The molecule has 5 heterocycles. The van der Waals surface area contributed by atoms with Crippen LogP contribution in [0.2, 0.25) is 0 Å². The summed E-state index contributed by atoms with van der Waals surface area (Å²) in [6.07, 6.45) is 1.77. The number of halogens is 3. The molecule has 2 aliphatic rings. The van der Waals surface area contributed by atoms with Crippen molar-refractivity contribution < 1.29 is 27.1 Å². The van der Waals surface area contributed by atoms with Gasteiger partial charge in [-0.25, -0.2) is 0 Å². The molecule has 3 aromatic heterocycles. The van der Waals surface area contributed by atoms with Crippen LogP contribution < -0.4 is 21.7 Å². The van der Waals surface area contributed by atoms with Crippen LogP contribution in [0.1, 0.15) is 41.1 Å². The number of furan rings is 1. The van der Waals surface area contributed by atoms with Crippen molar-refractivity contribution in [3.8, 4) is 0 Å². The Morgan fingerprint density at radius 2 is 1.97 bits per heavy atom. The summed E-state index contributed by atoms with van der Waals surface area (Å²) in [6, 6.07) is 2.73. The molecule has 12 heteroatoms. The Hall–Kier alpha value is -3.38. The normalized spacial score (nSPS) is 21.6. The quantitative estimate of drug-likeness (QED) is 0.490. The second kappa shape index (κ2) is 9.58. The van der Waals surface area contributed by atoms with Gasteiger partial charge in [0.1, 0.15) is 11.1 Å². The van der Waals surface area contributed by atoms with Crippen molar-refractivity contribution in [3.63, 3.8) is 0 Å². The van der Waals surface area contributed by atoms with Crippen molar-refractivity contribution in [2.45, 2.75) is 37.4 Å². The largest absolute Gasteiger partial charge is 0.438 e. The summed E-state index contributed by atoms with van der Waals surface area (Å²) in [6.45, 7) is 1.30. The molecule has 5 N–H and O–H groups in total. The Morgan fingerprint density at radius 1 is 1.19 bits per heavy atom. The fourth-order valence-electron chi connectivity index (χ4n) is 5.00. The van der Waals surface area contributed by atoms with Crippen LogP contribution in [0.25, 0.3) is 11.1 Å². The number of fused-ring (bicyclic) bond motifs is 1. The van der Waals surface area contributed by atoms with Crippen molar-refractivity contribution in [1.29, 1.82) is 0 Å². The number of amides is 1. The van der Waals surface area contributed by atoms with E-state index in [1.165, 1.54) is 17.3 Å². The topological polar surface area (TPSA) is 133 Å². The molecule has 2 atom stereocenters. The molecule has 0 saturated carbocycles. The number of nitrogens with zero attached hydrogens (tertiary/aromatic N) is 3. The van der Waals surface area contributed by atoms with Gasteiger partial charge in [-0.1, -0.05) is 0 Å². The Kier molecular flexibility index (Phi) is 6.47. The molecule has 1 amide bonds. The minimum atomic E-state index is -4.37. The first-order valence-electron chi connectivity index (χ1n) is 11.8. The number of nitrogens with two attached hydrogens (primary N) is 2. The van der Waals surface area contributed by atoms with Gasteiger partial charge in [0.05, 0.1) is 23.5 Å². The second-order valence-corrected chi connectivity index (χ2v) is 9.33. The van der Waals surface area contributed by atoms with Crippen LogP contribution >= 0.6 is 0 Å². The van der Waals surface area contributed by atoms with E-state index in [4.69, 9.17) is 20.6 Å². The summed E-state index contributed by atoms with van der Waals surface area (Å²) in [7, 11) is 0. The number of carbonyl (C=O) groups excluding carboxylic acids is 1. The molecule has 3 aromatic rings. The van der Waals surface area contributed by atoms with Gasteiger partial charge in [-0.3, -0.25) is 14.8 Å². The maximum absolute atomic E-state index is 13.4. The summed E-state index contributed by atoms with van der Waals surface area (Å²) in [4.78, 5) is 23.3. The summed E-state index contributed by atoms with van der Waals surface area (Å²) >= 11 is 0. The lowest BCUT2D eigenvalue weighted by molar-refractivity contribution is -0.177. The van der Waals surface area contributed by atoms with Crippen LogP contribution in [-0.4, -0.2) is 54.4 Å². The number of anilines is 3. The zero-order chi connectivity index (χ0) is 25.4. The Morgan fingerprint density at radius 3 is 2.72 bits per heavy atom. The third-order valence-corrected chi connectivity index (χ3v) is 6.83. The minimum Gasteiger partial charge on any atom is -0.438 e. The summed E-state index contributed by atoms with van der Waals surface area (Å²) in [5.41, 5.74) is 14.4. The lowest BCUT2D eigenvalue weighted by Gasteiger charge is -2.39. The first kappa shape index (κ1) is 24.3. The molecule has 0 spiro atoms. The van der Waals surface area contributed by atoms with Crippen LogP contribution in [0.3, 0.4) is 0 Å². The molecule has 9 nitrogen and oxygen atoms in total. The molecule has 2 fully saturated rings. The van der Waals surface area contributed by atoms with E-state index in [0.29, 0.717) is 30.0 Å². The van der Waals surface area contributed by atoms with Crippen molar-refractivity contribution in [2.24, 2.45) is 11.7 Å². The van der Waals surface area contributed by atoms with E-state index in [2.05, 4.69) is 15.3 Å². The molecule has 0 unspecified atom stereocenters. The first-order chi connectivity index (χ1) is 17.2. The highest BCUT2D eigenvalue weighted by molar-refractivity contribution is 6.15. The number of rotatable bonds is 4. The number of aromatic nitrogens is 2. The molecular weight excluding hydrogens is 477 g/mol.